The van der Waals surface area contributed by atoms with Gasteiger partial charge in [0.15, 0.2) is 12.4 Å². The molecule has 1 saturated heterocycles. The topological polar surface area (TPSA) is 57.4 Å². The third kappa shape index (κ3) is 3.06. The van der Waals surface area contributed by atoms with Crippen LogP contribution in [-0.4, -0.2) is 23.4 Å². The number of hydrogen-bond donors (Lipinski definition) is 0. The van der Waals surface area contributed by atoms with Crippen LogP contribution < -0.4 is 4.74 Å². The first-order chi connectivity index (χ1) is 9.72. The van der Waals surface area contributed by atoms with Crippen LogP contribution in [0.2, 0.25) is 10.0 Å². The number of ether oxygens (including phenoxy) is 2. The van der Waals surface area contributed by atoms with Crippen molar-refractivity contribution in [1.82, 2.24) is 10.1 Å². The van der Waals surface area contributed by atoms with Gasteiger partial charge in [-0.3, -0.25) is 0 Å². The molecule has 1 aliphatic rings. The summed E-state index contributed by atoms with van der Waals surface area (Å²) in [6.07, 6.45) is 0.919. The summed E-state index contributed by atoms with van der Waals surface area (Å²) >= 11 is 11.8. The zero-order chi connectivity index (χ0) is 13.9. The maximum absolute atomic E-state index is 6.01. The Morgan fingerprint density at radius 3 is 3.00 bits per heavy atom. The molecular formula is C13H12Cl2N2O3. The van der Waals surface area contributed by atoms with Crippen LogP contribution in [0.1, 0.15) is 24.1 Å². The average molecular weight is 315 g/mol. The van der Waals surface area contributed by atoms with Gasteiger partial charge in [0, 0.05) is 17.5 Å². The SMILES string of the molecule is Clc1ccc(OCc2nc(C3CCOC3)no2)c(Cl)c1. The van der Waals surface area contributed by atoms with Gasteiger partial charge in [-0.25, -0.2) is 0 Å². The van der Waals surface area contributed by atoms with Crippen LogP contribution in [0.4, 0.5) is 0 Å². The minimum atomic E-state index is 0.169. The van der Waals surface area contributed by atoms with Gasteiger partial charge in [0.05, 0.1) is 11.6 Å². The van der Waals surface area contributed by atoms with Crippen LogP contribution in [0.25, 0.3) is 0 Å². The third-order valence-corrected chi connectivity index (χ3v) is 3.55. The van der Waals surface area contributed by atoms with E-state index in [9.17, 15) is 0 Å². The second-order valence-electron chi connectivity index (χ2n) is 4.47. The number of aromatic nitrogens is 2. The summed E-state index contributed by atoms with van der Waals surface area (Å²) in [5.41, 5.74) is 0. The Morgan fingerprint density at radius 2 is 2.25 bits per heavy atom. The van der Waals surface area contributed by atoms with Gasteiger partial charge < -0.3 is 14.0 Å². The molecule has 106 valence electrons. The van der Waals surface area contributed by atoms with Gasteiger partial charge in [0.2, 0.25) is 0 Å². The van der Waals surface area contributed by atoms with Crippen molar-refractivity contribution in [3.05, 3.63) is 40.0 Å². The van der Waals surface area contributed by atoms with E-state index in [-0.39, 0.29) is 12.5 Å². The number of nitrogens with zero attached hydrogens (tertiary/aromatic N) is 2. The highest BCUT2D eigenvalue weighted by Gasteiger charge is 2.23. The molecule has 0 saturated carbocycles. The summed E-state index contributed by atoms with van der Waals surface area (Å²) in [5, 5.41) is 4.95. The summed E-state index contributed by atoms with van der Waals surface area (Å²) in [6, 6.07) is 5.03. The van der Waals surface area contributed by atoms with E-state index in [4.69, 9.17) is 37.2 Å². The van der Waals surface area contributed by atoms with Gasteiger partial charge in [-0.1, -0.05) is 28.4 Å². The summed E-state index contributed by atoms with van der Waals surface area (Å²) in [4.78, 5) is 4.30. The van der Waals surface area contributed by atoms with Crippen molar-refractivity contribution in [3.8, 4) is 5.75 Å². The van der Waals surface area contributed by atoms with Gasteiger partial charge in [-0.05, 0) is 24.6 Å². The molecule has 0 bridgehead atoms. The molecule has 1 aromatic carbocycles. The molecule has 1 fully saturated rings. The second-order valence-corrected chi connectivity index (χ2v) is 5.31. The van der Waals surface area contributed by atoms with Crippen molar-refractivity contribution < 1.29 is 14.0 Å². The van der Waals surface area contributed by atoms with Crippen LogP contribution in [0.3, 0.4) is 0 Å². The highest BCUT2D eigenvalue weighted by atomic mass is 35.5. The summed E-state index contributed by atoms with van der Waals surface area (Å²) < 4.78 is 16.0. The van der Waals surface area contributed by atoms with Crippen molar-refractivity contribution in [1.29, 1.82) is 0 Å². The first kappa shape index (κ1) is 13.7. The quantitative estimate of drug-likeness (QED) is 0.865. The fraction of sp³-hybridized carbons (Fsp3) is 0.385. The van der Waals surface area contributed by atoms with Gasteiger partial charge in [-0.15, -0.1) is 0 Å². The first-order valence-electron chi connectivity index (χ1n) is 6.20. The Bertz CT molecular complexity index is 597. The van der Waals surface area contributed by atoms with Crippen LogP contribution in [0.15, 0.2) is 22.7 Å². The van der Waals surface area contributed by atoms with Crippen molar-refractivity contribution in [2.75, 3.05) is 13.2 Å². The fourth-order valence-electron chi connectivity index (χ4n) is 1.96. The predicted octanol–water partition coefficient (Wildman–Crippen LogP) is 3.46. The molecule has 1 atom stereocenters. The van der Waals surface area contributed by atoms with E-state index >= 15 is 0 Å². The highest BCUT2D eigenvalue weighted by Crippen LogP contribution is 2.28. The number of hydrogen-bond acceptors (Lipinski definition) is 5. The van der Waals surface area contributed by atoms with Crippen molar-refractivity contribution >= 4 is 23.2 Å². The fourth-order valence-corrected chi connectivity index (χ4v) is 2.43. The summed E-state index contributed by atoms with van der Waals surface area (Å²) in [5.74, 6) is 1.83. The van der Waals surface area contributed by atoms with E-state index in [0.29, 0.717) is 34.1 Å². The molecule has 0 aliphatic carbocycles. The Morgan fingerprint density at radius 1 is 1.35 bits per heavy atom. The molecule has 2 aromatic rings. The molecule has 0 N–H and O–H groups in total. The summed E-state index contributed by atoms with van der Waals surface area (Å²) in [6.45, 7) is 1.55. The van der Waals surface area contributed by atoms with Crippen LogP contribution in [0, 0.1) is 0 Å². The van der Waals surface area contributed by atoms with Gasteiger partial charge in [0.1, 0.15) is 5.75 Å². The van der Waals surface area contributed by atoms with Gasteiger partial charge >= 0.3 is 0 Å². The van der Waals surface area contributed by atoms with Crippen LogP contribution in [0.5, 0.6) is 5.75 Å². The molecule has 1 unspecified atom stereocenters. The molecule has 2 heterocycles. The third-order valence-electron chi connectivity index (χ3n) is 3.02. The molecule has 7 heteroatoms. The lowest BCUT2D eigenvalue weighted by Gasteiger charge is -2.05. The average Bonchev–Trinajstić information content (AvgIpc) is 3.08. The summed E-state index contributed by atoms with van der Waals surface area (Å²) in [7, 11) is 0. The Hall–Kier alpha value is -1.30. The molecule has 1 aliphatic heterocycles. The van der Waals surface area contributed by atoms with E-state index < -0.39 is 0 Å². The lowest BCUT2D eigenvalue weighted by molar-refractivity contribution is 0.192. The highest BCUT2D eigenvalue weighted by molar-refractivity contribution is 6.35. The van der Waals surface area contributed by atoms with E-state index in [0.717, 1.165) is 13.0 Å². The molecular weight excluding hydrogens is 303 g/mol. The van der Waals surface area contributed by atoms with Crippen molar-refractivity contribution in [3.63, 3.8) is 0 Å². The number of benzene rings is 1. The first-order valence-corrected chi connectivity index (χ1v) is 6.96. The minimum absolute atomic E-state index is 0.169. The largest absolute Gasteiger partial charge is 0.482 e. The molecule has 5 nitrogen and oxygen atoms in total. The number of rotatable bonds is 4. The maximum Gasteiger partial charge on any atom is 0.264 e. The van der Waals surface area contributed by atoms with E-state index in [1.807, 2.05) is 0 Å². The standard InChI is InChI=1S/C13H12Cl2N2O3/c14-9-1-2-11(10(15)5-9)19-7-12-16-13(17-20-12)8-3-4-18-6-8/h1-2,5,8H,3-4,6-7H2. The number of halogens is 2. The predicted molar refractivity (Wildman–Crippen MR) is 73.3 cm³/mol. The van der Waals surface area contributed by atoms with Crippen LogP contribution >= 0.6 is 23.2 Å². The zero-order valence-corrected chi connectivity index (χ0v) is 12.0. The molecule has 1 aromatic heterocycles. The normalized spacial score (nSPS) is 18.4. The van der Waals surface area contributed by atoms with Gasteiger partial charge in [-0.2, -0.15) is 4.98 Å². The van der Waals surface area contributed by atoms with E-state index in [1.54, 1.807) is 18.2 Å². The molecule has 0 spiro atoms. The lowest BCUT2D eigenvalue weighted by Crippen LogP contribution is -2.01. The van der Waals surface area contributed by atoms with Crippen molar-refractivity contribution in [2.45, 2.75) is 18.9 Å². The molecule has 3 rings (SSSR count). The zero-order valence-electron chi connectivity index (χ0n) is 10.5. The maximum atomic E-state index is 6.01. The minimum Gasteiger partial charge on any atom is -0.482 e. The van der Waals surface area contributed by atoms with Crippen LogP contribution in [-0.2, 0) is 11.3 Å². The second kappa shape index (κ2) is 5.99. The van der Waals surface area contributed by atoms with E-state index in [2.05, 4.69) is 10.1 Å². The molecule has 0 amide bonds. The Balaban J connectivity index is 1.63. The van der Waals surface area contributed by atoms with Crippen molar-refractivity contribution in [2.24, 2.45) is 0 Å². The monoisotopic (exact) mass is 314 g/mol. The molecule has 20 heavy (non-hydrogen) atoms. The Labute approximate surface area is 125 Å². The molecule has 0 radical (unpaired) electrons. The smallest absolute Gasteiger partial charge is 0.264 e. The van der Waals surface area contributed by atoms with E-state index in [1.165, 1.54) is 0 Å². The van der Waals surface area contributed by atoms with Gasteiger partial charge in [0.25, 0.3) is 5.89 Å². The lowest BCUT2D eigenvalue weighted by atomic mass is 10.1. The Kier molecular flexibility index (Phi) is 4.10.